The summed E-state index contributed by atoms with van der Waals surface area (Å²) in [6.45, 7) is 1.42. The lowest BCUT2D eigenvalue weighted by atomic mass is 10.2. The number of carbonyl (C=O) groups is 2. The van der Waals surface area contributed by atoms with E-state index < -0.39 is 29.3 Å². The van der Waals surface area contributed by atoms with E-state index in [4.69, 9.17) is 4.74 Å². The Bertz CT molecular complexity index is 1500. The number of aliphatic imine (C=N–C) groups is 1. The van der Waals surface area contributed by atoms with Crippen molar-refractivity contribution >= 4 is 23.9 Å². The molecule has 1 aliphatic heterocycles. The van der Waals surface area contributed by atoms with Crippen molar-refractivity contribution in [1.29, 1.82) is 0 Å². The van der Waals surface area contributed by atoms with Crippen LogP contribution < -0.4 is 10.9 Å². The molecule has 1 amide bonds. The van der Waals surface area contributed by atoms with Crippen molar-refractivity contribution in [3.8, 4) is 11.3 Å². The average molecular weight is 526 g/mol. The van der Waals surface area contributed by atoms with Gasteiger partial charge in [-0.1, -0.05) is 0 Å². The molecule has 0 atom stereocenters. The number of ether oxygens (including phenoxy) is 1. The quantitative estimate of drug-likeness (QED) is 0.472. The Balaban J connectivity index is 1.58. The van der Waals surface area contributed by atoms with Gasteiger partial charge < -0.3 is 14.6 Å². The highest BCUT2D eigenvalue weighted by Crippen LogP contribution is 2.34. The molecule has 4 rings (SSSR count). The largest absolute Gasteiger partial charge is 0.465 e. The Labute approximate surface area is 213 Å². The normalized spacial score (nSPS) is 13.4. The van der Waals surface area contributed by atoms with Crippen LogP contribution in [0.3, 0.4) is 0 Å². The van der Waals surface area contributed by atoms with Gasteiger partial charge in [0.1, 0.15) is 6.54 Å². The molecule has 0 saturated heterocycles. The number of nitrogens with one attached hydrogen (secondary N) is 1. The zero-order valence-corrected chi connectivity index (χ0v) is 20.0. The third-order valence-corrected chi connectivity index (χ3v) is 5.27. The number of rotatable bonds is 7. The average Bonchev–Trinajstić information content (AvgIpc) is 3.22. The lowest BCUT2D eigenvalue weighted by molar-refractivity contribution is -0.144. The van der Waals surface area contributed by atoms with Gasteiger partial charge in [-0.2, -0.15) is 18.3 Å². The predicted molar refractivity (Wildman–Crippen MR) is 131 cm³/mol. The van der Waals surface area contributed by atoms with Crippen LogP contribution in [0, 0.1) is 0 Å². The van der Waals surface area contributed by atoms with Crippen LogP contribution in [0.5, 0.6) is 0 Å². The third kappa shape index (κ3) is 6.11. The van der Waals surface area contributed by atoms with Gasteiger partial charge in [0.05, 0.1) is 17.9 Å². The lowest BCUT2D eigenvalue weighted by Crippen LogP contribution is -2.28. The molecule has 0 unspecified atom stereocenters. The molecule has 1 aliphatic rings. The number of aromatic nitrogens is 4. The summed E-state index contributed by atoms with van der Waals surface area (Å²) < 4.78 is 47.9. The maximum absolute atomic E-state index is 13.8. The Kier molecular flexibility index (Phi) is 7.65. The van der Waals surface area contributed by atoms with E-state index in [0.717, 1.165) is 16.7 Å². The second kappa shape index (κ2) is 11.1. The summed E-state index contributed by atoms with van der Waals surface area (Å²) in [5.41, 5.74) is -0.611. The number of allylic oxidation sites excluding steroid dienone is 3. The van der Waals surface area contributed by atoms with Crippen molar-refractivity contribution in [2.45, 2.75) is 26.1 Å². The van der Waals surface area contributed by atoms with Crippen molar-refractivity contribution in [2.24, 2.45) is 4.99 Å². The van der Waals surface area contributed by atoms with E-state index in [1.807, 2.05) is 0 Å². The van der Waals surface area contributed by atoms with Gasteiger partial charge in [0.2, 0.25) is 0 Å². The second-order valence-electron chi connectivity index (χ2n) is 7.94. The minimum Gasteiger partial charge on any atom is -0.465 e. The monoisotopic (exact) mass is 526 g/mol. The first-order valence-corrected chi connectivity index (χ1v) is 11.3. The number of alkyl halides is 3. The fourth-order valence-corrected chi connectivity index (χ4v) is 3.51. The zero-order valence-electron chi connectivity index (χ0n) is 20.0. The molecule has 0 bridgehead atoms. The van der Waals surface area contributed by atoms with Crippen LogP contribution in [0.2, 0.25) is 0 Å². The van der Waals surface area contributed by atoms with Crippen LogP contribution in [-0.4, -0.2) is 44.0 Å². The van der Waals surface area contributed by atoms with Crippen LogP contribution in [0.1, 0.15) is 29.4 Å². The van der Waals surface area contributed by atoms with Crippen molar-refractivity contribution in [2.75, 3.05) is 6.61 Å². The number of hydrogen-bond acceptors (Lipinski definition) is 7. The number of carbonyl (C=O) groups excluding carboxylic acids is 2. The Morgan fingerprint density at radius 1 is 1.18 bits per heavy atom. The van der Waals surface area contributed by atoms with Gasteiger partial charge in [-0.25, -0.2) is 9.67 Å². The smallest absolute Gasteiger partial charge is 0.433 e. The molecule has 0 radical (unpaired) electrons. The van der Waals surface area contributed by atoms with Crippen LogP contribution in [0.25, 0.3) is 17.1 Å². The molecule has 0 fully saturated rings. The number of halogens is 3. The second-order valence-corrected chi connectivity index (χ2v) is 7.94. The number of amides is 1. The first kappa shape index (κ1) is 26.3. The highest BCUT2D eigenvalue weighted by molar-refractivity contribution is 5.95. The molecule has 0 aliphatic carbocycles. The summed E-state index contributed by atoms with van der Waals surface area (Å²) >= 11 is 0. The maximum atomic E-state index is 13.8. The highest BCUT2D eigenvalue weighted by Gasteiger charge is 2.37. The van der Waals surface area contributed by atoms with Gasteiger partial charge >= 0.3 is 12.1 Å². The van der Waals surface area contributed by atoms with Gasteiger partial charge in [0.25, 0.3) is 11.5 Å². The third-order valence-electron chi connectivity index (χ3n) is 5.27. The van der Waals surface area contributed by atoms with Gasteiger partial charge in [0, 0.05) is 48.6 Å². The van der Waals surface area contributed by atoms with Gasteiger partial charge in [0.15, 0.2) is 11.5 Å². The minimum atomic E-state index is -4.70. The molecule has 10 nitrogen and oxygen atoms in total. The summed E-state index contributed by atoms with van der Waals surface area (Å²) in [4.78, 5) is 44.5. The van der Waals surface area contributed by atoms with Gasteiger partial charge in [-0.3, -0.25) is 19.4 Å². The fourth-order valence-electron chi connectivity index (χ4n) is 3.51. The van der Waals surface area contributed by atoms with E-state index in [1.165, 1.54) is 43.0 Å². The van der Waals surface area contributed by atoms with Gasteiger partial charge in [-0.05, 0) is 43.3 Å². The van der Waals surface area contributed by atoms with Crippen molar-refractivity contribution < 1.29 is 27.5 Å². The molecule has 0 saturated carbocycles. The molecule has 4 heterocycles. The van der Waals surface area contributed by atoms with E-state index in [2.05, 4.69) is 20.4 Å². The van der Waals surface area contributed by atoms with Crippen LogP contribution in [0.15, 0.2) is 76.6 Å². The fraction of sp³-hybridized carbons (Fsp3) is 0.200. The van der Waals surface area contributed by atoms with E-state index in [1.54, 1.807) is 19.1 Å². The number of esters is 1. The van der Waals surface area contributed by atoms with Crippen molar-refractivity contribution in [3.05, 3.63) is 88.4 Å². The summed E-state index contributed by atoms with van der Waals surface area (Å²) in [7, 11) is 0. The van der Waals surface area contributed by atoms with Crippen LogP contribution in [0.4, 0.5) is 13.2 Å². The van der Waals surface area contributed by atoms with E-state index in [-0.39, 0.29) is 36.7 Å². The summed E-state index contributed by atoms with van der Waals surface area (Å²) in [5, 5.41) is 6.73. The minimum absolute atomic E-state index is 0.0706. The van der Waals surface area contributed by atoms with E-state index in [9.17, 15) is 27.6 Å². The summed E-state index contributed by atoms with van der Waals surface area (Å²) in [6, 6.07) is 6.53. The van der Waals surface area contributed by atoms with Gasteiger partial charge in [-0.15, -0.1) is 0 Å². The first-order valence-electron chi connectivity index (χ1n) is 11.3. The Hall–Kier alpha value is -4.81. The molecule has 3 aromatic rings. The van der Waals surface area contributed by atoms with E-state index >= 15 is 0 Å². The lowest BCUT2D eigenvalue weighted by Gasteiger charge is -2.09. The zero-order chi connectivity index (χ0) is 27.3. The molecule has 3 aromatic heterocycles. The van der Waals surface area contributed by atoms with Crippen molar-refractivity contribution in [3.63, 3.8) is 0 Å². The van der Waals surface area contributed by atoms with Crippen LogP contribution in [-0.2, 0) is 22.3 Å². The predicted octanol–water partition coefficient (Wildman–Crippen LogP) is 3.28. The summed E-state index contributed by atoms with van der Waals surface area (Å²) in [6.07, 6.45) is 3.59. The molecule has 1 N–H and O–H groups in total. The standard InChI is InChI=1S/C25H21F3N6O4/c1-2-38-23(36)15-33-14-17(5-8-22(33)35)24(37)31-18-6-7-21(30-11-9-18)34-20(25(26,27)28)12-19(32-34)16-4-3-10-29-13-16/h3-8,10-14H,2,9,15H2,1H3,(H,31,37). The van der Waals surface area contributed by atoms with Crippen LogP contribution >= 0.6 is 0 Å². The molecule has 0 aromatic carbocycles. The van der Waals surface area contributed by atoms with Crippen molar-refractivity contribution in [1.82, 2.24) is 24.6 Å². The molecule has 13 heteroatoms. The molecule has 196 valence electrons. The topological polar surface area (TPSA) is 120 Å². The molecular formula is C25H21F3N6O4. The molecular weight excluding hydrogens is 505 g/mol. The van der Waals surface area contributed by atoms with E-state index in [0.29, 0.717) is 15.9 Å². The summed E-state index contributed by atoms with van der Waals surface area (Å²) in [5.74, 6) is -1.33. The SMILES string of the molecule is CCOC(=O)Cn1cc(C(=O)NC2=CC=C(n3nc(-c4cccnc4)cc3C(F)(F)F)N=CC2)ccc1=O. The Morgan fingerprint density at radius 3 is 2.71 bits per heavy atom. The molecule has 0 spiro atoms. The maximum Gasteiger partial charge on any atom is 0.433 e. The highest BCUT2D eigenvalue weighted by atomic mass is 19.4. The Morgan fingerprint density at radius 2 is 2.00 bits per heavy atom. The molecule has 38 heavy (non-hydrogen) atoms. The number of pyridine rings is 2. The number of hydrogen-bond donors (Lipinski definition) is 1. The first-order chi connectivity index (χ1) is 18.2. The number of nitrogens with zero attached hydrogens (tertiary/aromatic N) is 5.